The van der Waals surface area contributed by atoms with Crippen LogP contribution < -0.4 is 20.2 Å². The fourth-order valence-corrected chi connectivity index (χ4v) is 3.02. The summed E-state index contributed by atoms with van der Waals surface area (Å²) in [6, 6.07) is 12.3. The maximum atomic E-state index is 12.6. The summed E-state index contributed by atoms with van der Waals surface area (Å²) in [7, 11) is 1.56. The van der Waals surface area contributed by atoms with E-state index in [-0.39, 0.29) is 17.0 Å². The molecule has 6 heteroatoms. The number of aromatic amines is 1. The standard InChI is InChI=1S/C19H16N2O4/c1-24-11-6-7-13-15(8-11)20-9-14(18(13)22)19(23)21-16-10-25-17-5-3-2-4-12(16)17/h2-9,16H,10H2,1H3,(H,20,22)(H,21,23). The van der Waals surface area contributed by atoms with E-state index in [1.165, 1.54) is 6.20 Å². The van der Waals surface area contributed by atoms with E-state index in [1.807, 2.05) is 24.3 Å². The quantitative estimate of drug-likeness (QED) is 0.770. The van der Waals surface area contributed by atoms with Gasteiger partial charge in [-0.25, -0.2) is 0 Å². The topological polar surface area (TPSA) is 80.4 Å². The van der Waals surface area contributed by atoms with E-state index in [2.05, 4.69) is 10.3 Å². The summed E-state index contributed by atoms with van der Waals surface area (Å²) in [5.41, 5.74) is 1.29. The van der Waals surface area contributed by atoms with Crippen molar-refractivity contribution >= 4 is 16.8 Å². The van der Waals surface area contributed by atoms with Crippen LogP contribution >= 0.6 is 0 Å². The first kappa shape index (κ1) is 15.3. The van der Waals surface area contributed by atoms with Crippen LogP contribution in [-0.2, 0) is 0 Å². The minimum absolute atomic E-state index is 0.0713. The Morgan fingerprint density at radius 3 is 2.96 bits per heavy atom. The first-order chi connectivity index (χ1) is 12.2. The molecule has 4 rings (SSSR count). The lowest BCUT2D eigenvalue weighted by Gasteiger charge is -2.12. The number of aromatic nitrogens is 1. The number of amides is 1. The number of ether oxygens (including phenoxy) is 2. The van der Waals surface area contributed by atoms with Gasteiger partial charge >= 0.3 is 0 Å². The molecule has 1 amide bonds. The van der Waals surface area contributed by atoms with Gasteiger partial charge in [-0.3, -0.25) is 9.59 Å². The molecule has 1 atom stereocenters. The van der Waals surface area contributed by atoms with Gasteiger partial charge in [0.25, 0.3) is 5.91 Å². The van der Waals surface area contributed by atoms with Crippen LogP contribution in [0, 0.1) is 0 Å². The van der Waals surface area contributed by atoms with Crippen molar-refractivity contribution in [1.82, 2.24) is 10.3 Å². The lowest BCUT2D eigenvalue weighted by atomic mass is 10.1. The largest absolute Gasteiger partial charge is 0.497 e. The number of carbonyl (C=O) groups is 1. The van der Waals surface area contributed by atoms with Crippen LogP contribution in [-0.4, -0.2) is 24.6 Å². The third-order valence-electron chi connectivity index (χ3n) is 4.34. The lowest BCUT2D eigenvalue weighted by Crippen LogP contribution is -2.33. The second-order valence-electron chi connectivity index (χ2n) is 5.82. The molecule has 6 nitrogen and oxygen atoms in total. The van der Waals surface area contributed by atoms with Gasteiger partial charge < -0.3 is 19.8 Å². The Morgan fingerprint density at radius 1 is 1.28 bits per heavy atom. The number of benzene rings is 2. The Morgan fingerprint density at radius 2 is 2.12 bits per heavy atom. The van der Waals surface area contributed by atoms with Crippen molar-refractivity contribution in [2.75, 3.05) is 13.7 Å². The van der Waals surface area contributed by atoms with E-state index in [0.717, 1.165) is 11.3 Å². The molecule has 0 aliphatic carbocycles. The van der Waals surface area contributed by atoms with Crippen LogP contribution in [0.1, 0.15) is 22.0 Å². The molecule has 1 unspecified atom stereocenters. The Balaban J connectivity index is 1.65. The predicted octanol–water partition coefficient (Wildman–Crippen LogP) is 2.40. The Kier molecular flexibility index (Phi) is 3.65. The van der Waals surface area contributed by atoms with Crippen molar-refractivity contribution in [1.29, 1.82) is 0 Å². The number of methoxy groups -OCH3 is 1. The Hall–Kier alpha value is -3.28. The van der Waals surface area contributed by atoms with E-state index in [4.69, 9.17) is 9.47 Å². The summed E-state index contributed by atoms with van der Waals surface area (Å²) >= 11 is 0. The van der Waals surface area contributed by atoms with Gasteiger partial charge in [0.05, 0.1) is 18.7 Å². The monoisotopic (exact) mass is 336 g/mol. The summed E-state index contributed by atoms with van der Waals surface area (Å²) in [5.74, 6) is 0.969. The van der Waals surface area contributed by atoms with Crippen LogP contribution in [0.4, 0.5) is 0 Å². The first-order valence-electron chi connectivity index (χ1n) is 7.89. The second kappa shape index (κ2) is 5.98. The third-order valence-corrected chi connectivity index (χ3v) is 4.34. The minimum atomic E-state index is -0.427. The van der Waals surface area contributed by atoms with E-state index in [0.29, 0.717) is 23.3 Å². The summed E-state index contributed by atoms with van der Waals surface area (Å²) < 4.78 is 10.7. The van der Waals surface area contributed by atoms with Gasteiger partial charge in [-0.15, -0.1) is 0 Å². The molecular weight excluding hydrogens is 320 g/mol. The molecule has 2 aromatic carbocycles. The van der Waals surface area contributed by atoms with Crippen molar-refractivity contribution in [3.05, 3.63) is 70.0 Å². The molecule has 1 aliphatic heterocycles. The molecule has 2 heterocycles. The van der Waals surface area contributed by atoms with Crippen molar-refractivity contribution in [2.45, 2.75) is 6.04 Å². The fraction of sp³-hybridized carbons (Fsp3) is 0.158. The molecule has 0 spiro atoms. The predicted molar refractivity (Wildman–Crippen MR) is 93.3 cm³/mol. The minimum Gasteiger partial charge on any atom is -0.497 e. The number of rotatable bonds is 3. The second-order valence-corrected chi connectivity index (χ2v) is 5.82. The van der Waals surface area contributed by atoms with Gasteiger partial charge in [0.1, 0.15) is 23.7 Å². The van der Waals surface area contributed by atoms with Gasteiger partial charge in [-0.2, -0.15) is 0 Å². The molecular formula is C19H16N2O4. The van der Waals surface area contributed by atoms with Crippen molar-refractivity contribution in [2.24, 2.45) is 0 Å². The van der Waals surface area contributed by atoms with E-state index < -0.39 is 5.91 Å². The number of nitrogens with one attached hydrogen (secondary N) is 2. The molecule has 0 fully saturated rings. The van der Waals surface area contributed by atoms with E-state index in [1.54, 1.807) is 25.3 Å². The van der Waals surface area contributed by atoms with E-state index in [9.17, 15) is 9.59 Å². The number of hydrogen-bond donors (Lipinski definition) is 2. The highest BCUT2D eigenvalue weighted by Gasteiger charge is 2.26. The summed E-state index contributed by atoms with van der Waals surface area (Å²) in [5, 5.41) is 3.31. The van der Waals surface area contributed by atoms with Gasteiger partial charge in [-0.1, -0.05) is 18.2 Å². The van der Waals surface area contributed by atoms with Gasteiger partial charge in [0.15, 0.2) is 0 Å². The number of carbonyl (C=O) groups excluding carboxylic acids is 1. The summed E-state index contributed by atoms with van der Waals surface area (Å²) in [6.45, 7) is 0.355. The summed E-state index contributed by atoms with van der Waals surface area (Å²) in [4.78, 5) is 28.2. The first-order valence-corrected chi connectivity index (χ1v) is 7.89. The smallest absolute Gasteiger partial charge is 0.257 e. The highest BCUT2D eigenvalue weighted by atomic mass is 16.5. The maximum absolute atomic E-state index is 12.6. The lowest BCUT2D eigenvalue weighted by molar-refractivity contribution is 0.0929. The van der Waals surface area contributed by atoms with Crippen LogP contribution in [0.25, 0.3) is 10.9 Å². The number of pyridine rings is 1. The van der Waals surface area contributed by atoms with Crippen molar-refractivity contribution < 1.29 is 14.3 Å². The molecule has 2 N–H and O–H groups in total. The van der Waals surface area contributed by atoms with Gasteiger partial charge in [0, 0.05) is 23.2 Å². The molecule has 3 aromatic rings. The van der Waals surface area contributed by atoms with Crippen LogP contribution in [0.5, 0.6) is 11.5 Å². The average molecular weight is 336 g/mol. The zero-order valence-electron chi connectivity index (χ0n) is 13.5. The molecule has 0 saturated carbocycles. The molecule has 0 saturated heterocycles. The highest BCUT2D eigenvalue weighted by Crippen LogP contribution is 2.31. The fourth-order valence-electron chi connectivity index (χ4n) is 3.02. The molecule has 1 aliphatic rings. The van der Waals surface area contributed by atoms with E-state index >= 15 is 0 Å². The average Bonchev–Trinajstić information content (AvgIpc) is 3.04. The van der Waals surface area contributed by atoms with Gasteiger partial charge in [0.2, 0.25) is 5.43 Å². The van der Waals surface area contributed by atoms with Crippen LogP contribution in [0.15, 0.2) is 53.5 Å². The highest BCUT2D eigenvalue weighted by molar-refractivity contribution is 5.97. The number of H-pyrrole nitrogens is 1. The molecule has 126 valence electrons. The van der Waals surface area contributed by atoms with Crippen LogP contribution in [0.2, 0.25) is 0 Å². The number of fused-ring (bicyclic) bond motifs is 2. The number of para-hydroxylation sites is 1. The normalized spacial score (nSPS) is 15.5. The third kappa shape index (κ3) is 2.61. The molecule has 1 aromatic heterocycles. The van der Waals surface area contributed by atoms with Crippen LogP contribution in [0.3, 0.4) is 0 Å². The Labute approximate surface area is 143 Å². The van der Waals surface area contributed by atoms with Crippen molar-refractivity contribution in [3.63, 3.8) is 0 Å². The Bertz CT molecular complexity index is 1030. The summed E-state index contributed by atoms with van der Waals surface area (Å²) in [6.07, 6.45) is 1.43. The zero-order valence-corrected chi connectivity index (χ0v) is 13.5. The number of hydrogen-bond acceptors (Lipinski definition) is 4. The van der Waals surface area contributed by atoms with Gasteiger partial charge in [-0.05, 0) is 18.2 Å². The molecule has 25 heavy (non-hydrogen) atoms. The molecule has 0 bridgehead atoms. The van der Waals surface area contributed by atoms with Crippen molar-refractivity contribution in [3.8, 4) is 11.5 Å². The molecule has 0 radical (unpaired) electrons. The zero-order chi connectivity index (χ0) is 17.4. The maximum Gasteiger partial charge on any atom is 0.257 e. The SMILES string of the molecule is COc1ccc2c(=O)c(C(=O)NC3COc4ccccc43)c[nH]c2c1.